The van der Waals surface area contributed by atoms with E-state index in [2.05, 4.69) is 41.0 Å². The Morgan fingerprint density at radius 1 is 0.773 bits per heavy atom. The number of aromatic nitrogens is 2. The molecule has 2 N–H and O–H groups in total. The Kier molecular flexibility index (Phi) is 9.20. The van der Waals surface area contributed by atoms with Crippen molar-refractivity contribution in [2.75, 3.05) is 30.9 Å². The summed E-state index contributed by atoms with van der Waals surface area (Å²) in [5.41, 5.74) is 2.90. The lowest BCUT2D eigenvalue weighted by Gasteiger charge is -2.35. The van der Waals surface area contributed by atoms with Gasteiger partial charge in [0.1, 0.15) is 5.82 Å². The van der Waals surface area contributed by atoms with E-state index in [9.17, 15) is 9.59 Å². The molecule has 0 radical (unpaired) electrons. The van der Waals surface area contributed by atoms with Crippen molar-refractivity contribution in [1.82, 2.24) is 15.3 Å². The van der Waals surface area contributed by atoms with Gasteiger partial charge >= 0.3 is 0 Å². The van der Waals surface area contributed by atoms with Gasteiger partial charge in [-0.15, -0.1) is 0 Å². The molecule has 2 fully saturated rings. The van der Waals surface area contributed by atoms with Crippen molar-refractivity contribution in [3.8, 4) is 0 Å². The van der Waals surface area contributed by atoms with Crippen molar-refractivity contribution in [2.24, 2.45) is 17.8 Å². The summed E-state index contributed by atoms with van der Waals surface area (Å²) in [6.45, 7) is 0.654. The Balaban J connectivity index is 1.07. The minimum Gasteiger partial charge on any atom is -0.362 e. The van der Waals surface area contributed by atoms with E-state index in [-0.39, 0.29) is 23.5 Å². The zero-order valence-electron chi connectivity index (χ0n) is 25.8. The summed E-state index contributed by atoms with van der Waals surface area (Å²) in [7, 11) is 4.01. The number of nitrogens with one attached hydrogen (secondary N) is 2. The molecule has 44 heavy (non-hydrogen) atoms. The number of benzene rings is 3. The molecule has 0 bridgehead atoms. The molecular formula is C37H43N5O2. The third-order valence-electron chi connectivity index (χ3n) is 9.60. The first kappa shape index (κ1) is 29.8. The molecule has 2 aliphatic carbocycles. The van der Waals surface area contributed by atoms with Crippen molar-refractivity contribution in [2.45, 2.75) is 56.9 Å². The van der Waals surface area contributed by atoms with Crippen LogP contribution in [0.1, 0.15) is 66.8 Å². The molecule has 4 aromatic rings. The smallest absolute Gasteiger partial charge is 0.225 e. The molecular weight excluding hydrogens is 546 g/mol. The van der Waals surface area contributed by atoms with Crippen LogP contribution in [-0.4, -0.2) is 48.3 Å². The van der Waals surface area contributed by atoms with Crippen LogP contribution in [0.4, 0.5) is 11.8 Å². The van der Waals surface area contributed by atoms with Gasteiger partial charge in [0.05, 0.1) is 5.52 Å². The van der Waals surface area contributed by atoms with Crippen LogP contribution in [0.3, 0.4) is 0 Å². The number of amides is 1. The number of hydrogen-bond acceptors (Lipinski definition) is 6. The topological polar surface area (TPSA) is 87.2 Å². The van der Waals surface area contributed by atoms with Crippen LogP contribution in [0.5, 0.6) is 0 Å². The van der Waals surface area contributed by atoms with Gasteiger partial charge in [-0.3, -0.25) is 9.59 Å². The summed E-state index contributed by atoms with van der Waals surface area (Å²) in [6.07, 6.45) is 6.41. The van der Waals surface area contributed by atoms with Crippen molar-refractivity contribution in [3.63, 3.8) is 0 Å². The molecule has 2 saturated carbocycles. The Bertz CT molecular complexity index is 1570. The molecule has 1 amide bonds. The summed E-state index contributed by atoms with van der Waals surface area (Å²) < 4.78 is 0. The van der Waals surface area contributed by atoms with Gasteiger partial charge in [-0.1, -0.05) is 72.8 Å². The van der Waals surface area contributed by atoms with E-state index in [1.54, 1.807) is 0 Å². The average Bonchev–Trinajstić information content (AvgIpc) is 3.07. The number of carbonyl (C=O) groups excluding carboxylic acids is 2. The Labute approximate surface area is 260 Å². The molecule has 3 atom stereocenters. The van der Waals surface area contributed by atoms with E-state index >= 15 is 0 Å². The number of nitrogens with zero attached hydrogens (tertiary/aromatic N) is 3. The number of hydrogen-bond donors (Lipinski definition) is 2. The van der Waals surface area contributed by atoms with Gasteiger partial charge in [0.25, 0.3) is 0 Å². The molecule has 1 heterocycles. The number of anilines is 2. The van der Waals surface area contributed by atoms with Crippen molar-refractivity contribution >= 4 is 34.4 Å². The lowest BCUT2D eigenvalue weighted by atomic mass is 9.69. The Morgan fingerprint density at radius 2 is 1.45 bits per heavy atom. The largest absolute Gasteiger partial charge is 0.362 e. The van der Waals surface area contributed by atoms with Crippen LogP contribution in [0.2, 0.25) is 0 Å². The summed E-state index contributed by atoms with van der Waals surface area (Å²) >= 11 is 0. The highest BCUT2D eigenvalue weighted by molar-refractivity contribution is 6.00. The van der Waals surface area contributed by atoms with E-state index in [0.29, 0.717) is 42.4 Å². The van der Waals surface area contributed by atoms with Gasteiger partial charge < -0.3 is 15.5 Å². The van der Waals surface area contributed by atoms with E-state index in [1.807, 2.05) is 73.6 Å². The van der Waals surface area contributed by atoms with E-state index < -0.39 is 0 Å². The normalized spacial score (nSPS) is 23.5. The average molecular weight is 590 g/mol. The van der Waals surface area contributed by atoms with Crippen LogP contribution >= 0.6 is 0 Å². The Morgan fingerprint density at radius 3 is 2.18 bits per heavy atom. The van der Waals surface area contributed by atoms with Gasteiger partial charge in [-0.25, -0.2) is 4.98 Å². The first-order chi connectivity index (χ1) is 21.5. The second-order valence-electron chi connectivity index (χ2n) is 12.8. The van der Waals surface area contributed by atoms with Gasteiger partial charge in [0, 0.05) is 49.5 Å². The van der Waals surface area contributed by atoms with Gasteiger partial charge in [0.15, 0.2) is 5.78 Å². The maximum Gasteiger partial charge on any atom is 0.225 e. The molecule has 7 nitrogen and oxygen atoms in total. The highest BCUT2D eigenvalue weighted by Gasteiger charge is 2.40. The molecule has 0 spiro atoms. The lowest BCUT2D eigenvalue weighted by molar-refractivity contribution is -0.127. The molecule has 6 rings (SSSR count). The second-order valence-corrected chi connectivity index (χ2v) is 12.8. The summed E-state index contributed by atoms with van der Waals surface area (Å²) in [5.74, 6) is 1.81. The number of carbonyl (C=O) groups is 2. The van der Waals surface area contributed by atoms with E-state index in [0.717, 1.165) is 55.2 Å². The fourth-order valence-electron chi connectivity index (χ4n) is 7.15. The molecule has 0 unspecified atom stereocenters. The fourth-order valence-corrected chi connectivity index (χ4v) is 7.15. The number of ketones is 1. The number of fused-ring (bicyclic) bond motifs is 1. The minimum atomic E-state index is -0.324. The molecule has 0 saturated heterocycles. The lowest BCUT2D eigenvalue weighted by Crippen LogP contribution is -2.43. The zero-order chi connectivity index (χ0) is 30.5. The van der Waals surface area contributed by atoms with Crippen LogP contribution in [0.25, 0.3) is 10.9 Å². The first-order valence-electron chi connectivity index (χ1n) is 16.1. The molecule has 7 heteroatoms. The summed E-state index contributed by atoms with van der Waals surface area (Å²) in [5, 5.41) is 7.92. The second kappa shape index (κ2) is 13.6. The highest BCUT2D eigenvalue weighted by Crippen LogP contribution is 2.41. The third-order valence-corrected chi connectivity index (χ3v) is 9.60. The SMILES string of the molecule is CN(C)c1nc(N[C@H]2CC[C@@H](CNC(=O)[C@@H]3C[C@@H](c4ccccc4)CC[C@H]3C(=O)c3ccccc3)CC2)nc2ccccc12. The molecule has 3 aromatic carbocycles. The highest BCUT2D eigenvalue weighted by atomic mass is 16.2. The van der Waals surface area contributed by atoms with Gasteiger partial charge in [-0.05, 0) is 74.5 Å². The van der Waals surface area contributed by atoms with Crippen LogP contribution < -0.4 is 15.5 Å². The van der Waals surface area contributed by atoms with Crippen LogP contribution in [0, 0.1) is 17.8 Å². The number of rotatable bonds is 9. The van der Waals surface area contributed by atoms with Crippen LogP contribution in [0.15, 0.2) is 84.9 Å². The molecule has 2 aliphatic rings. The van der Waals surface area contributed by atoms with Gasteiger partial charge in [0.2, 0.25) is 11.9 Å². The van der Waals surface area contributed by atoms with Crippen molar-refractivity contribution in [3.05, 3.63) is 96.1 Å². The molecule has 1 aromatic heterocycles. The first-order valence-corrected chi connectivity index (χ1v) is 16.1. The monoisotopic (exact) mass is 589 g/mol. The summed E-state index contributed by atoms with van der Waals surface area (Å²) in [4.78, 5) is 39.0. The van der Waals surface area contributed by atoms with E-state index in [4.69, 9.17) is 9.97 Å². The minimum absolute atomic E-state index is 0.0286. The third kappa shape index (κ3) is 6.77. The predicted molar refractivity (Wildman–Crippen MR) is 177 cm³/mol. The fraction of sp³-hybridized carbons (Fsp3) is 0.405. The standard InChI is InChI=1S/C37H43N5O2/c1-42(2)35-31-15-9-10-16-33(31)40-37(41-35)39-29-20-17-25(18-21-29)24-38-36(44)32-23-28(26-11-5-3-6-12-26)19-22-30(32)34(43)27-13-7-4-8-14-27/h3-16,25,28-30,32H,17-24H2,1-2H3,(H,38,44)(H,39,40,41)/t25-,28-,29+,30+,32+/m0/s1. The summed E-state index contributed by atoms with van der Waals surface area (Å²) in [6, 6.07) is 28.3. The maximum atomic E-state index is 13.8. The van der Waals surface area contributed by atoms with Crippen LogP contribution in [-0.2, 0) is 4.79 Å². The maximum absolute atomic E-state index is 13.8. The van der Waals surface area contributed by atoms with Gasteiger partial charge in [-0.2, -0.15) is 4.98 Å². The number of Topliss-reactive ketones (excluding diaryl/α,β-unsaturated/α-hetero) is 1. The molecule has 0 aliphatic heterocycles. The van der Waals surface area contributed by atoms with Crippen molar-refractivity contribution in [1.29, 1.82) is 0 Å². The predicted octanol–water partition coefficient (Wildman–Crippen LogP) is 6.87. The Hall–Kier alpha value is -4.26. The zero-order valence-corrected chi connectivity index (χ0v) is 25.8. The van der Waals surface area contributed by atoms with Crippen molar-refractivity contribution < 1.29 is 9.59 Å². The number of para-hydroxylation sites is 1. The quantitative estimate of drug-likeness (QED) is 0.207. The molecule has 228 valence electrons. The van der Waals surface area contributed by atoms with E-state index in [1.165, 1.54) is 5.56 Å².